The summed E-state index contributed by atoms with van der Waals surface area (Å²) in [5.74, 6) is 2.11. The lowest BCUT2D eigenvalue weighted by Gasteiger charge is -2.32. The number of allylic oxidation sites excluding steroid dienone is 2. The third-order valence-corrected chi connectivity index (χ3v) is 21.8. The molecule has 0 unspecified atom stereocenters. The van der Waals surface area contributed by atoms with Gasteiger partial charge in [-0.1, -0.05) is 108 Å². The van der Waals surface area contributed by atoms with E-state index < -0.39 is 9.85 Å². The molecule has 0 radical (unpaired) electrons. The van der Waals surface area contributed by atoms with E-state index in [4.69, 9.17) is 91.7 Å². The fourth-order valence-electron chi connectivity index (χ4n) is 13.1. The molecule has 0 spiro atoms. The molecule has 712 valence electrons. The van der Waals surface area contributed by atoms with Crippen LogP contribution < -0.4 is 64.2 Å². The number of halogens is 7. The molecule has 0 saturated carbocycles. The molecule has 0 atom stereocenters. The van der Waals surface area contributed by atoms with Crippen LogP contribution in [0.3, 0.4) is 0 Å². The van der Waals surface area contributed by atoms with Crippen LogP contribution in [0.4, 0.5) is 40.3 Å². The lowest BCUT2D eigenvalue weighted by molar-refractivity contribution is -0.386. The van der Waals surface area contributed by atoms with Gasteiger partial charge in [0.25, 0.3) is 5.56 Å². The van der Waals surface area contributed by atoms with E-state index in [0.29, 0.717) is 108 Å². The van der Waals surface area contributed by atoms with Gasteiger partial charge in [-0.15, -0.1) is 26.3 Å². The highest BCUT2D eigenvalue weighted by atomic mass is 35.5. The Hall–Kier alpha value is -13.2. The molecule has 3 saturated heterocycles. The summed E-state index contributed by atoms with van der Waals surface area (Å²) in [5.41, 5.74) is 15.5. The normalized spacial score (nSPS) is 12.7. The number of nitrogens with two attached hydrogens (primary N) is 1. The minimum absolute atomic E-state index is 0.0237. The number of nitro groups is 2. The Bertz CT molecular complexity index is 6720. The molecule has 41 nitrogen and oxygen atoms in total. The van der Waals surface area contributed by atoms with E-state index in [1.54, 1.807) is 146 Å². The predicted molar refractivity (Wildman–Crippen MR) is 536 cm³/mol. The molecule has 18 rings (SSSR count). The Balaban J connectivity index is 0.000000184. The molecular formula is C86H105Cl7N32O9. The largest absolute Gasteiger partial charge is 0.487 e. The van der Waals surface area contributed by atoms with E-state index in [1.807, 2.05) is 49.2 Å². The zero-order chi connectivity index (χ0) is 97.8. The number of anilines is 5. The van der Waals surface area contributed by atoms with Crippen molar-refractivity contribution in [3.8, 4) is 5.75 Å². The fraction of sp³-hybridized carbons (Fsp3) is 0.314. The number of aromatic nitrogens is 21. The van der Waals surface area contributed by atoms with Crippen molar-refractivity contribution in [1.82, 2.24) is 122 Å². The summed E-state index contributed by atoms with van der Waals surface area (Å²) >= 11 is 41.0. The molecule has 48 heteroatoms. The van der Waals surface area contributed by atoms with Crippen LogP contribution >= 0.6 is 81.2 Å². The molecule has 3 fully saturated rings. The van der Waals surface area contributed by atoms with E-state index >= 15 is 0 Å². The third kappa shape index (κ3) is 28.2. The number of nitrogens with zero attached hydrogens (tertiary/aromatic N) is 24. The number of piperazine rings is 3. The molecule has 18 heterocycles. The van der Waals surface area contributed by atoms with Crippen molar-refractivity contribution in [3.63, 3.8) is 0 Å². The van der Waals surface area contributed by atoms with Crippen molar-refractivity contribution in [1.29, 1.82) is 0 Å². The van der Waals surface area contributed by atoms with Gasteiger partial charge in [0, 0.05) is 202 Å². The lowest BCUT2D eigenvalue weighted by atomic mass is 10.3. The number of aromatic amines is 3. The van der Waals surface area contributed by atoms with Gasteiger partial charge < -0.3 is 80.0 Å². The molecule has 0 aliphatic carbocycles. The van der Waals surface area contributed by atoms with Gasteiger partial charge in [-0.25, -0.2) is 59.2 Å². The van der Waals surface area contributed by atoms with E-state index in [-0.39, 0.29) is 39.8 Å². The summed E-state index contributed by atoms with van der Waals surface area (Å²) in [5, 5.41) is 36.0. The highest BCUT2D eigenvalue weighted by Gasteiger charge is 2.23. The fourth-order valence-corrected chi connectivity index (χ4v) is 14.8. The molecule has 0 amide bonds. The number of likely N-dealkylation sites (N-methyl/N-ethyl adjacent to an activating group) is 2. The number of H-pyrrole nitrogens is 3. The van der Waals surface area contributed by atoms with Crippen molar-refractivity contribution < 1.29 is 14.6 Å². The van der Waals surface area contributed by atoms with Crippen LogP contribution in [0.5, 0.6) is 5.75 Å². The van der Waals surface area contributed by atoms with Crippen molar-refractivity contribution >= 4 is 188 Å². The van der Waals surface area contributed by atoms with Crippen molar-refractivity contribution in [2.24, 2.45) is 35.2 Å². The number of imidazole rings is 6. The first-order valence-corrected chi connectivity index (χ1v) is 44.2. The molecule has 3 aliphatic heterocycles. The monoisotopic (exact) mass is 1970 g/mol. The number of aryl methyl sites for hydroxylation is 5. The zero-order valence-corrected chi connectivity index (χ0v) is 80.6. The van der Waals surface area contributed by atoms with Crippen LogP contribution in [0.25, 0.3) is 66.2 Å². The Kier molecular flexibility index (Phi) is 41.9. The smallest absolute Gasteiger partial charge is 0.329 e. The SMILES string of the molecule is C=CCNc1ccnc(Cl)c1N.C=CCNc1ccncc1[N+](=O)[O-].C=CCn1c(=O)[nH]c2c(Cl)nccc21.C=CCn1c(=O)n(C)c2c(Cl)nccc21.CC.CCOc1ccncc1[N+](=O)[O-].CN1CCN(c2nc3ccnc(Cl)c3n2C)CC1.CN1CCNCC1.Cn1c(=O)[nH]c2ccnc(Cl)c21.Cn1c(Cl)nc2ccnc(Cl)c21.Cn1c(N2CCNCC2)nc2cc[nH]c(=O)c21. The summed E-state index contributed by atoms with van der Waals surface area (Å²) in [6.07, 6.45) is 23.3. The second kappa shape index (κ2) is 52.9. The van der Waals surface area contributed by atoms with Gasteiger partial charge in [-0.2, -0.15) is 0 Å². The maximum absolute atomic E-state index is 11.8. The molecule has 134 heavy (non-hydrogen) atoms. The quantitative estimate of drug-likeness (QED) is 0.0193. The molecule has 15 aromatic heterocycles. The molecule has 15 aromatic rings. The van der Waals surface area contributed by atoms with Gasteiger partial charge in [0.05, 0.1) is 60.9 Å². The average molecular weight is 1980 g/mol. The first-order valence-electron chi connectivity index (χ1n) is 41.5. The van der Waals surface area contributed by atoms with Crippen LogP contribution in [-0.2, 0) is 48.3 Å². The van der Waals surface area contributed by atoms with Crippen molar-refractivity contribution in [3.05, 3.63) is 272 Å². The summed E-state index contributed by atoms with van der Waals surface area (Å²) < 4.78 is 16.7. The predicted octanol–water partition coefficient (Wildman–Crippen LogP) is 12.8. The standard InChI is InChI=1S/C12H16ClN5.C11H15N5O.C10H10ClN3O.C9H8ClN3O.C8H10ClN3.C8H9N3O2.C7H5Cl2N3.C7H6ClN3O.C7H8N2O3.C5H12N2.C2H6/c1-16-5-7-18(8-6-16)12-15-9-3-4-14-11(13)10(9)17(12)2;1-15-9-8(2-3-13-10(9)17)14-11(15)16-6-4-12-5-7-16;1-3-6-14-7-4-5-12-9(11)8(7)13(2)10(14)15;1-2-5-13-6-3-4-11-8(10)7(6)12-9(13)14;1-2-4-11-6-3-5-12-8(9)7(6)10;1-2-4-10-7-3-5-9-6-8(7)11(12)13;1-12-5-4(11-7(12)9)2-3-10-6(5)8;1-11-5-4(10-7(11)12)2-3-9-6(5)8;1-2-12-7-3-4-8-5-6(7)9(10)11;1-7-4-2-6-3-5-7;1-2/h3-4H,5-8H2,1-2H3;2-3,12H,4-7H2,1H3,(H,13,17);3-5H,1,6H2,2H3;2-4H,1,5H2,(H,12,14);2-3,5H,1,4,10H2,(H,11,12);2-3,5-6H,1,4H2,(H,9,10);2-3H,1H3;2-3H,1H3,(H,10,12);3-5H,2H2,1H3;6H,2-5H2,1H3;1-2H3. The van der Waals surface area contributed by atoms with E-state index in [0.717, 1.165) is 122 Å². The number of nitrogen functional groups attached to an aromatic ring is 1. The maximum Gasteiger partial charge on any atom is 0.329 e. The Morgan fingerprint density at radius 1 is 0.478 bits per heavy atom. The molecule has 3 aliphatic rings. The number of hydrogen-bond acceptors (Lipinski definition) is 29. The van der Waals surface area contributed by atoms with Gasteiger partial charge in [0.1, 0.15) is 51.2 Å². The molecular weight excluding hydrogens is 1870 g/mol. The Morgan fingerprint density at radius 3 is 1.49 bits per heavy atom. The Morgan fingerprint density at radius 2 is 0.948 bits per heavy atom. The van der Waals surface area contributed by atoms with E-state index in [9.17, 15) is 39.4 Å². The number of pyridine rings is 9. The second-order valence-electron chi connectivity index (χ2n) is 28.6. The van der Waals surface area contributed by atoms with Crippen LogP contribution in [0.15, 0.2) is 193 Å². The topological polar surface area (TPSA) is 475 Å². The highest BCUT2D eigenvalue weighted by Crippen LogP contribution is 2.30. The summed E-state index contributed by atoms with van der Waals surface area (Å²) in [6, 6.07) is 15.5. The van der Waals surface area contributed by atoms with Gasteiger partial charge in [-0.05, 0) is 81.2 Å². The highest BCUT2D eigenvalue weighted by molar-refractivity contribution is 6.36. The molecule has 0 bridgehead atoms. The average Bonchev–Trinajstić information content (AvgIpc) is 1.61. The lowest BCUT2D eigenvalue weighted by Crippen LogP contribution is -2.45. The van der Waals surface area contributed by atoms with Gasteiger partial charge >= 0.3 is 28.4 Å². The van der Waals surface area contributed by atoms with Crippen LogP contribution in [0, 0.1) is 20.2 Å². The number of fused-ring (bicyclic) bond motifs is 6. The van der Waals surface area contributed by atoms with Crippen molar-refractivity contribution in [2.45, 2.75) is 33.9 Å². The minimum Gasteiger partial charge on any atom is -0.487 e. The van der Waals surface area contributed by atoms with Crippen LogP contribution in [-0.4, -0.2) is 234 Å². The number of ether oxygens (including phenoxy) is 1. The number of hydrogen-bond donors (Lipinski definition) is 8. The van der Waals surface area contributed by atoms with Gasteiger partial charge in [0.15, 0.2) is 36.7 Å². The molecule has 0 aromatic carbocycles. The second-order valence-corrected chi connectivity index (χ2v) is 31.0. The number of rotatable bonds is 16. The first kappa shape index (κ1) is 106. The summed E-state index contributed by atoms with van der Waals surface area (Å²) in [7, 11) is 13.3. The maximum atomic E-state index is 11.8. The molecule has 9 N–H and O–H groups in total. The summed E-state index contributed by atoms with van der Waals surface area (Å²) in [4.78, 5) is 127. The van der Waals surface area contributed by atoms with E-state index in [2.05, 4.69) is 151 Å². The van der Waals surface area contributed by atoms with Gasteiger partial charge in [0.2, 0.25) is 17.2 Å². The number of nitrogens with one attached hydrogen (secondary N) is 7. The van der Waals surface area contributed by atoms with Crippen molar-refractivity contribution in [2.75, 3.05) is 138 Å². The zero-order valence-electron chi connectivity index (χ0n) is 75.3. The first-order chi connectivity index (χ1) is 64.4. The third-order valence-electron chi connectivity index (χ3n) is 19.8. The van der Waals surface area contributed by atoms with Crippen LogP contribution in [0.2, 0.25) is 36.2 Å². The Labute approximate surface area is 804 Å². The van der Waals surface area contributed by atoms with E-state index in [1.165, 1.54) is 53.1 Å². The minimum atomic E-state index is -0.516. The van der Waals surface area contributed by atoms with Crippen LogP contribution in [0.1, 0.15) is 20.8 Å². The van der Waals surface area contributed by atoms with Gasteiger partial charge in [-0.3, -0.25) is 53.3 Å². The summed E-state index contributed by atoms with van der Waals surface area (Å²) in [6.45, 7) is 35.2.